The number of hydrogen-bond donors (Lipinski definition) is 2. The van der Waals surface area contributed by atoms with Gasteiger partial charge in [-0.25, -0.2) is 13.1 Å². The Morgan fingerprint density at radius 3 is 2.56 bits per heavy atom. The standard InChI is InChI=1S/C22H31ClN4O4S/c1-4-32(29,30)26-8-5-12-27(17(2)3)22(28)18-14-19(23)16-21(15-18)31-13-11-25-20-6-9-24-10-7-20/h6-7,9-10,14-17,26H,4-5,8,11-13H2,1-3H3,(H,24,25). The normalized spacial score (nSPS) is 11.4. The summed E-state index contributed by atoms with van der Waals surface area (Å²) in [5.41, 5.74) is 1.37. The van der Waals surface area contributed by atoms with Gasteiger partial charge in [-0.1, -0.05) is 11.6 Å². The van der Waals surface area contributed by atoms with E-state index in [2.05, 4.69) is 15.0 Å². The molecule has 0 saturated carbocycles. The molecule has 1 heterocycles. The molecular weight excluding hydrogens is 452 g/mol. The predicted molar refractivity (Wildman–Crippen MR) is 128 cm³/mol. The van der Waals surface area contributed by atoms with E-state index in [1.54, 1.807) is 42.4 Å². The van der Waals surface area contributed by atoms with Gasteiger partial charge >= 0.3 is 0 Å². The Kier molecular flexibility index (Phi) is 10.2. The lowest BCUT2D eigenvalue weighted by atomic mass is 10.1. The molecule has 2 rings (SSSR count). The number of ether oxygens (including phenoxy) is 1. The number of anilines is 1. The van der Waals surface area contributed by atoms with Crippen molar-refractivity contribution in [3.05, 3.63) is 53.3 Å². The van der Waals surface area contributed by atoms with Gasteiger partial charge in [0.1, 0.15) is 12.4 Å². The lowest BCUT2D eigenvalue weighted by molar-refractivity contribution is 0.0704. The van der Waals surface area contributed by atoms with Gasteiger partial charge in [0.2, 0.25) is 10.0 Å². The van der Waals surface area contributed by atoms with E-state index in [0.717, 1.165) is 5.69 Å². The number of nitrogens with one attached hydrogen (secondary N) is 2. The Morgan fingerprint density at radius 2 is 1.91 bits per heavy atom. The second-order valence-electron chi connectivity index (χ2n) is 7.43. The van der Waals surface area contributed by atoms with Crippen LogP contribution in [0.1, 0.15) is 37.6 Å². The highest BCUT2D eigenvalue weighted by Gasteiger charge is 2.20. The van der Waals surface area contributed by atoms with Gasteiger partial charge in [0.05, 0.1) is 5.75 Å². The second kappa shape index (κ2) is 12.6. The summed E-state index contributed by atoms with van der Waals surface area (Å²) in [6, 6.07) is 8.63. The number of amides is 1. The molecule has 0 bridgehead atoms. The molecule has 2 N–H and O–H groups in total. The van der Waals surface area contributed by atoms with E-state index in [9.17, 15) is 13.2 Å². The van der Waals surface area contributed by atoms with Gasteiger partial charge in [-0.3, -0.25) is 9.78 Å². The van der Waals surface area contributed by atoms with Gasteiger partial charge in [-0.15, -0.1) is 0 Å². The van der Waals surface area contributed by atoms with Gasteiger partial charge in [0.25, 0.3) is 5.91 Å². The van der Waals surface area contributed by atoms with E-state index < -0.39 is 10.0 Å². The summed E-state index contributed by atoms with van der Waals surface area (Å²) in [6.07, 6.45) is 3.92. The quantitative estimate of drug-likeness (QED) is 0.424. The molecule has 32 heavy (non-hydrogen) atoms. The molecule has 8 nitrogen and oxygen atoms in total. The maximum Gasteiger partial charge on any atom is 0.254 e. The van der Waals surface area contributed by atoms with Crippen LogP contribution in [0.2, 0.25) is 5.02 Å². The smallest absolute Gasteiger partial charge is 0.254 e. The highest BCUT2D eigenvalue weighted by Crippen LogP contribution is 2.23. The molecule has 1 aromatic carbocycles. The Balaban J connectivity index is 1.95. The first kappa shape index (κ1) is 25.9. The van der Waals surface area contributed by atoms with Crippen molar-refractivity contribution in [1.29, 1.82) is 0 Å². The van der Waals surface area contributed by atoms with Crippen molar-refractivity contribution >= 4 is 33.2 Å². The van der Waals surface area contributed by atoms with Crippen LogP contribution >= 0.6 is 11.6 Å². The fraction of sp³-hybridized carbons (Fsp3) is 0.455. The largest absolute Gasteiger partial charge is 0.492 e. The molecule has 0 aliphatic rings. The minimum absolute atomic E-state index is 0.0309. The number of halogens is 1. The van der Waals surface area contributed by atoms with Gasteiger partial charge < -0.3 is 15.0 Å². The monoisotopic (exact) mass is 482 g/mol. The van der Waals surface area contributed by atoms with Crippen LogP contribution in [0, 0.1) is 0 Å². The number of carbonyl (C=O) groups is 1. The number of sulfonamides is 1. The maximum absolute atomic E-state index is 13.1. The molecule has 0 spiro atoms. The molecular formula is C22H31ClN4O4S. The molecule has 0 fully saturated rings. The summed E-state index contributed by atoms with van der Waals surface area (Å²) in [7, 11) is -3.25. The first-order chi connectivity index (χ1) is 15.2. The van der Waals surface area contributed by atoms with E-state index >= 15 is 0 Å². The van der Waals surface area contributed by atoms with Crippen molar-refractivity contribution in [2.24, 2.45) is 0 Å². The van der Waals surface area contributed by atoms with E-state index in [1.165, 1.54) is 0 Å². The third-order valence-electron chi connectivity index (χ3n) is 4.66. The number of rotatable bonds is 13. The highest BCUT2D eigenvalue weighted by molar-refractivity contribution is 7.89. The van der Waals surface area contributed by atoms with Crippen molar-refractivity contribution < 1.29 is 17.9 Å². The van der Waals surface area contributed by atoms with E-state index in [4.69, 9.17) is 16.3 Å². The van der Waals surface area contributed by atoms with Crippen LogP contribution in [0.5, 0.6) is 5.75 Å². The van der Waals surface area contributed by atoms with Crippen molar-refractivity contribution in [2.45, 2.75) is 33.2 Å². The molecule has 0 radical (unpaired) electrons. The summed E-state index contributed by atoms with van der Waals surface area (Å²) >= 11 is 6.23. The average Bonchev–Trinajstić information content (AvgIpc) is 2.76. The first-order valence-electron chi connectivity index (χ1n) is 10.6. The van der Waals surface area contributed by atoms with Gasteiger partial charge in [-0.05, 0) is 57.5 Å². The lowest BCUT2D eigenvalue weighted by Gasteiger charge is -2.27. The van der Waals surface area contributed by atoms with E-state index in [1.807, 2.05) is 26.0 Å². The minimum atomic E-state index is -3.25. The number of hydrogen-bond acceptors (Lipinski definition) is 6. The van der Waals surface area contributed by atoms with Gasteiger partial charge in [-0.2, -0.15) is 0 Å². The summed E-state index contributed by atoms with van der Waals surface area (Å²) in [5, 5.41) is 3.63. The Bertz CT molecular complexity index is 971. The zero-order chi connectivity index (χ0) is 23.6. The van der Waals surface area contributed by atoms with E-state index in [0.29, 0.717) is 42.5 Å². The number of pyridine rings is 1. The Hall–Kier alpha value is -2.36. The third-order valence-corrected chi connectivity index (χ3v) is 6.28. The topological polar surface area (TPSA) is 101 Å². The lowest BCUT2D eigenvalue weighted by Crippen LogP contribution is -2.39. The number of nitrogens with zero attached hydrogens (tertiary/aromatic N) is 2. The molecule has 176 valence electrons. The maximum atomic E-state index is 13.1. The van der Waals surface area contributed by atoms with Crippen LogP contribution in [-0.2, 0) is 10.0 Å². The molecule has 0 aliphatic carbocycles. The third kappa shape index (κ3) is 8.64. The number of carbonyl (C=O) groups excluding carboxylic acids is 1. The van der Waals surface area contributed by atoms with Crippen molar-refractivity contribution in [2.75, 3.05) is 37.3 Å². The molecule has 0 aliphatic heterocycles. The SMILES string of the molecule is CCS(=O)(=O)NCCCN(C(=O)c1cc(Cl)cc(OCCNc2ccncc2)c1)C(C)C. The zero-order valence-corrected chi connectivity index (χ0v) is 20.2. The van der Waals surface area contributed by atoms with Crippen LogP contribution in [0.25, 0.3) is 0 Å². The minimum Gasteiger partial charge on any atom is -0.492 e. The molecule has 2 aromatic rings. The molecule has 0 unspecified atom stereocenters. The average molecular weight is 483 g/mol. The van der Waals surface area contributed by atoms with Crippen molar-refractivity contribution in [1.82, 2.24) is 14.6 Å². The first-order valence-corrected chi connectivity index (χ1v) is 12.6. The van der Waals surface area contributed by atoms with Crippen LogP contribution in [0.3, 0.4) is 0 Å². The molecule has 1 aromatic heterocycles. The second-order valence-corrected chi connectivity index (χ2v) is 9.96. The van der Waals surface area contributed by atoms with Crippen molar-refractivity contribution in [3.8, 4) is 5.75 Å². The molecule has 10 heteroatoms. The van der Waals surface area contributed by atoms with Gasteiger partial charge in [0.15, 0.2) is 0 Å². The Labute approximate surface area is 195 Å². The summed E-state index contributed by atoms with van der Waals surface area (Å²) in [4.78, 5) is 18.8. The van der Waals surface area contributed by atoms with Crippen LogP contribution in [0.4, 0.5) is 5.69 Å². The fourth-order valence-electron chi connectivity index (χ4n) is 2.94. The highest BCUT2D eigenvalue weighted by atomic mass is 35.5. The fourth-order valence-corrected chi connectivity index (χ4v) is 3.83. The number of benzene rings is 1. The zero-order valence-electron chi connectivity index (χ0n) is 18.7. The Morgan fingerprint density at radius 1 is 1.19 bits per heavy atom. The summed E-state index contributed by atoms with van der Waals surface area (Å²) in [5.74, 6) is 0.362. The summed E-state index contributed by atoms with van der Waals surface area (Å²) in [6.45, 7) is 7.08. The van der Waals surface area contributed by atoms with Gasteiger partial charge in [0, 0.05) is 54.3 Å². The summed E-state index contributed by atoms with van der Waals surface area (Å²) < 4.78 is 31.4. The van der Waals surface area contributed by atoms with Crippen molar-refractivity contribution in [3.63, 3.8) is 0 Å². The molecule has 0 saturated heterocycles. The predicted octanol–water partition coefficient (Wildman–Crippen LogP) is 3.41. The van der Waals surface area contributed by atoms with Crippen LogP contribution < -0.4 is 14.8 Å². The number of aromatic nitrogens is 1. The van der Waals surface area contributed by atoms with Crippen LogP contribution in [-0.4, -0.2) is 62.2 Å². The van der Waals surface area contributed by atoms with E-state index in [-0.39, 0.29) is 24.2 Å². The van der Waals surface area contributed by atoms with Crippen LogP contribution in [0.15, 0.2) is 42.7 Å². The molecule has 1 amide bonds. The molecule has 0 atom stereocenters.